The molecular formula is C60H42N2Si. The van der Waals surface area contributed by atoms with Gasteiger partial charge >= 0.3 is 0 Å². The van der Waals surface area contributed by atoms with E-state index in [2.05, 4.69) is 264 Å². The molecule has 0 saturated carbocycles. The molecule has 0 saturated heterocycles. The molecule has 2 nitrogen and oxygen atoms in total. The van der Waals surface area contributed by atoms with Crippen LogP contribution in [0.5, 0.6) is 0 Å². The molecule has 2 aromatic heterocycles. The molecule has 0 amide bonds. The molecule has 2 heterocycles. The van der Waals surface area contributed by atoms with Crippen molar-refractivity contribution in [1.29, 1.82) is 0 Å². The van der Waals surface area contributed by atoms with Gasteiger partial charge in [0.1, 0.15) is 0 Å². The summed E-state index contributed by atoms with van der Waals surface area (Å²) in [6.45, 7) is 0. The first-order valence-corrected chi connectivity index (χ1v) is 23.8. The quantitative estimate of drug-likeness (QED) is 0.107. The minimum absolute atomic E-state index is 1.13. The fraction of sp³-hybridized carbons (Fsp3) is 0. The molecule has 12 rings (SSSR count). The van der Waals surface area contributed by atoms with Crippen LogP contribution in [0.3, 0.4) is 0 Å². The van der Waals surface area contributed by atoms with Gasteiger partial charge < -0.3 is 9.13 Å². The fourth-order valence-corrected chi connectivity index (χ4v) is 15.3. The molecule has 0 N–H and O–H groups in total. The van der Waals surface area contributed by atoms with Crippen molar-refractivity contribution in [2.24, 2.45) is 0 Å². The van der Waals surface area contributed by atoms with Gasteiger partial charge in [0.25, 0.3) is 0 Å². The molecule has 10 aromatic carbocycles. The van der Waals surface area contributed by atoms with Crippen molar-refractivity contribution in [2.45, 2.75) is 0 Å². The summed E-state index contributed by atoms with van der Waals surface area (Å²) in [5, 5.41) is 10.4. The van der Waals surface area contributed by atoms with Gasteiger partial charge in [0.05, 0.1) is 22.1 Å². The largest absolute Gasteiger partial charge is 0.309 e. The van der Waals surface area contributed by atoms with Crippen molar-refractivity contribution >= 4 is 72.4 Å². The van der Waals surface area contributed by atoms with Crippen LogP contribution in [0.15, 0.2) is 255 Å². The highest BCUT2D eigenvalue weighted by atomic mass is 28.3. The molecule has 0 radical (unpaired) electrons. The van der Waals surface area contributed by atoms with E-state index in [-0.39, 0.29) is 0 Å². The number of rotatable bonds is 8. The maximum Gasteiger partial charge on any atom is 0.181 e. The summed E-state index contributed by atoms with van der Waals surface area (Å²) in [6, 6.07) is 94.3. The van der Waals surface area contributed by atoms with Crippen molar-refractivity contribution in [3.05, 3.63) is 255 Å². The summed E-state index contributed by atoms with van der Waals surface area (Å²) >= 11 is 0. The second-order valence-electron chi connectivity index (χ2n) is 16.4. The van der Waals surface area contributed by atoms with E-state index in [1.807, 2.05) is 0 Å². The van der Waals surface area contributed by atoms with Crippen LogP contribution >= 0.6 is 0 Å². The number of benzene rings is 10. The van der Waals surface area contributed by atoms with Gasteiger partial charge in [0.15, 0.2) is 8.07 Å². The monoisotopic (exact) mass is 818 g/mol. The average Bonchev–Trinajstić information content (AvgIpc) is 3.89. The Morgan fingerprint density at radius 2 is 0.714 bits per heavy atom. The van der Waals surface area contributed by atoms with Gasteiger partial charge in [0.2, 0.25) is 0 Å². The third-order valence-electron chi connectivity index (χ3n) is 13.1. The summed E-state index contributed by atoms with van der Waals surface area (Å²) < 4.78 is 5.04. The highest BCUT2D eigenvalue weighted by Gasteiger charge is 2.43. The maximum absolute atomic E-state index is 2.93. The molecular weight excluding hydrogens is 777 g/mol. The summed E-state index contributed by atoms with van der Waals surface area (Å²) in [7, 11) is -2.93. The van der Waals surface area contributed by atoms with E-state index in [0.29, 0.717) is 0 Å². The van der Waals surface area contributed by atoms with Crippen molar-refractivity contribution in [1.82, 2.24) is 9.13 Å². The third kappa shape index (κ3) is 5.85. The average molecular weight is 819 g/mol. The topological polar surface area (TPSA) is 9.86 Å². The highest BCUT2D eigenvalue weighted by molar-refractivity contribution is 7.20. The van der Waals surface area contributed by atoms with E-state index >= 15 is 0 Å². The van der Waals surface area contributed by atoms with Crippen LogP contribution in [0, 0.1) is 0 Å². The predicted octanol–water partition coefficient (Wildman–Crippen LogP) is 12.6. The van der Waals surface area contributed by atoms with Gasteiger partial charge in [-0.15, -0.1) is 0 Å². The first-order valence-electron chi connectivity index (χ1n) is 21.8. The summed E-state index contributed by atoms with van der Waals surface area (Å²) in [5.41, 5.74) is 11.9. The third-order valence-corrected chi connectivity index (χ3v) is 17.9. The Hall–Kier alpha value is -7.98. The Morgan fingerprint density at radius 1 is 0.270 bits per heavy atom. The van der Waals surface area contributed by atoms with Crippen LogP contribution in [0.4, 0.5) is 0 Å². The normalized spacial score (nSPS) is 11.8. The molecule has 0 aliphatic carbocycles. The van der Waals surface area contributed by atoms with E-state index in [9.17, 15) is 0 Å². The minimum atomic E-state index is -2.93. The van der Waals surface area contributed by atoms with E-state index in [1.165, 1.54) is 86.6 Å². The van der Waals surface area contributed by atoms with Crippen molar-refractivity contribution in [3.8, 4) is 33.6 Å². The van der Waals surface area contributed by atoms with Gasteiger partial charge in [-0.3, -0.25) is 0 Å². The Kier molecular flexibility index (Phi) is 8.87. The molecule has 0 unspecified atom stereocenters. The van der Waals surface area contributed by atoms with E-state index in [0.717, 1.165) is 11.4 Å². The second-order valence-corrected chi connectivity index (χ2v) is 20.2. The van der Waals surface area contributed by atoms with E-state index in [4.69, 9.17) is 0 Å². The molecule has 0 aliphatic heterocycles. The number of hydrogen-bond acceptors (Lipinski definition) is 0. The minimum Gasteiger partial charge on any atom is -0.309 e. The molecule has 0 spiro atoms. The summed E-state index contributed by atoms with van der Waals surface area (Å²) in [4.78, 5) is 0. The number of nitrogens with zero attached hydrogens (tertiary/aromatic N) is 2. The van der Waals surface area contributed by atoms with Gasteiger partial charge in [0, 0.05) is 38.5 Å². The first-order chi connectivity index (χ1) is 31.3. The molecule has 3 heteroatoms. The SMILES string of the molecule is c1ccc(-c2ccc(-n3c4ccc(-n5c6ccccc6c6cccc([Si](c7ccccc7)(c7ccccc7)c7ccccc7)c65)cc4c4cccc(-c5ccccc5)c43)cc2)cc1. The zero-order chi connectivity index (χ0) is 41.7. The van der Waals surface area contributed by atoms with Crippen LogP contribution < -0.4 is 20.7 Å². The van der Waals surface area contributed by atoms with Crippen LogP contribution in [-0.4, -0.2) is 17.2 Å². The van der Waals surface area contributed by atoms with Gasteiger partial charge in [-0.25, -0.2) is 0 Å². The van der Waals surface area contributed by atoms with Crippen molar-refractivity contribution < 1.29 is 0 Å². The van der Waals surface area contributed by atoms with E-state index < -0.39 is 8.07 Å². The standard InChI is InChI=1S/C60H42N2Si/c1-6-20-43(21-7-1)44-36-38-46(39-37-44)61-57-41-40-47(42-55(57)54-32-18-31-51(59(54)61)45-22-8-2-9-23-45)62-56-34-17-16-30-52(56)53-33-19-35-58(60(53)62)63(48-24-10-3-11-25-48,49-26-12-4-13-27-49)50-28-14-5-15-29-50/h1-42H. The molecule has 0 fully saturated rings. The fourth-order valence-electron chi connectivity index (χ4n) is 10.4. The van der Waals surface area contributed by atoms with Crippen LogP contribution in [0.25, 0.3) is 77.2 Å². The van der Waals surface area contributed by atoms with E-state index in [1.54, 1.807) is 0 Å². The van der Waals surface area contributed by atoms with Gasteiger partial charge in [-0.05, 0) is 73.8 Å². The maximum atomic E-state index is 2.56. The zero-order valence-electron chi connectivity index (χ0n) is 34.6. The van der Waals surface area contributed by atoms with Gasteiger partial charge in [-0.2, -0.15) is 0 Å². The van der Waals surface area contributed by atoms with Gasteiger partial charge in [-0.1, -0.05) is 218 Å². The van der Waals surface area contributed by atoms with Crippen molar-refractivity contribution in [3.63, 3.8) is 0 Å². The molecule has 63 heavy (non-hydrogen) atoms. The number of hydrogen-bond donors (Lipinski definition) is 0. The predicted molar refractivity (Wildman–Crippen MR) is 270 cm³/mol. The first kappa shape index (κ1) is 36.8. The number of para-hydroxylation sites is 3. The lowest BCUT2D eigenvalue weighted by molar-refractivity contribution is 1.17. The molecule has 296 valence electrons. The smallest absolute Gasteiger partial charge is 0.181 e. The lowest BCUT2D eigenvalue weighted by Crippen LogP contribution is -2.75. The zero-order valence-corrected chi connectivity index (χ0v) is 35.6. The second kappa shape index (κ2) is 15.2. The highest BCUT2D eigenvalue weighted by Crippen LogP contribution is 2.41. The molecule has 0 aliphatic rings. The van der Waals surface area contributed by atoms with Crippen LogP contribution in [0.2, 0.25) is 0 Å². The van der Waals surface area contributed by atoms with Crippen LogP contribution in [0.1, 0.15) is 0 Å². The molecule has 0 atom stereocenters. The Balaban J connectivity index is 1.17. The number of aromatic nitrogens is 2. The summed E-state index contributed by atoms with van der Waals surface area (Å²) in [6.07, 6.45) is 0. The Labute approximate surface area is 368 Å². The lowest BCUT2D eigenvalue weighted by atomic mass is 10.0. The Bertz CT molecular complexity index is 3480. The van der Waals surface area contributed by atoms with Crippen molar-refractivity contribution in [2.75, 3.05) is 0 Å². The summed E-state index contributed by atoms with van der Waals surface area (Å²) in [5.74, 6) is 0. The molecule has 12 aromatic rings. The lowest BCUT2D eigenvalue weighted by Gasteiger charge is -2.35. The Morgan fingerprint density at radius 3 is 1.33 bits per heavy atom. The number of fused-ring (bicyclic) bond motifs is 6. The molecule has 0 bridgehead atoms. The van der Waals surface area contributed by atoms with Crippen LogP contribution in [-0.2, 0) is 0 Å².